The zero-order valence-electron chi connectivity index (χ0n) is 17.3. The van der Waals surface area contributed by atoms with E-state index in [1.54, 1.807) is 7.11 Å². The van der Waals surface area contributed by atoms with Crippen molar-refractivity contribution in [3.05, 3.63) is 41.2 Å². The van der Waals surface area contributed by atoms with Crippen LogP contribution in [0.5, 0.6) is 5.88 Å². The number of nitrogens with one attached hydrogen (secondary N) is 1. The molecule has 0 bridgehead atoms. The molecule has 0 amide bonds. The number of hydrogen-bond acceptors (Lipinski definition) is 8. The van der Waals surface area contributed by atoms with Gasteiger partial charge in [0.2, 0.25) is 0 Å². The number of anilines is 1. The first-order valence-electron chi connectivity index (χ1n) is 9.82. The van der Waals surface area contributed by atoms with E-state index in [2.05, 4.69) is 16.5 Å². The molecule has 1 aliphatic heterocycles. The molecule has 2 heterocycles. The molecule has 1 atom stereocenters. The molecule has 0 unspecified atom stereocenters. The fraction of sp³-hybridized carbons (Fsp3) is 0.500. The van der Waals surface area contributed by atoms with Gasteiger partial charge in [-0.05, 0) is 71.5 Å². The van der Waals surface area contributed by atoms with Crippen LogP contribution in [0.3, 0.4) is 0 Å². The van der Waals surface area contributed by atoms with Crippen LogP contribution in [0, 0.1) is 6.73 Å². The second kappa shape index (κ2) is 10.5. The zero-order chi connectivity index (χ0) is 20.4. The molecule has 0 saturated heterocycles. The Kier molecular flexibility index (Phi) is 8.23. The van der Waals surface area contributed by atoms with Crippen LogP contribution in [0.25, 0.3) is 0 Å². The van der Waals surface area contributed by atoms with Crippen LogP contribution in [0.15, 0.2) is 17.2 Å². The minimum Gasteiger partial charge on any atom is -0.546 e. The number of benzene rings is 1. The van der Waals surface area contributed by atoms with Crippen molar-refractivity contribution in [1.29, 1.82) is 0 Å². The Hall–Kier alpha value is -1.10. The Labute approximate surface area is 200 Å². The third-order valence-corrected chi connectivity index (χ3v) is 6.38. The van der Waals surface area contributed by atoms with Crippen molar-refractivity contribution in [3.63, 3.8) is 0 Å². The first-order chi connectivity index (χ1) is 14.1. The maximum absolute atomic E-state index is 10.7. The SMILES string of the molecule is CO[C@@H]1COc2c([S-](=O)=O)cnn2C1.O[CH-]Nc1c2c(cc3c1CCC3)CCC2.[Na+]. The summed E-state index contributed by atoms with van der Waals surface area (Å²) in [4.78, 5) is 0.0968. The van der Waals surface area contributed by atoms with Crippen molar-refractivity contribution in [1.82, 2.24) is 9.78 Å². The minimum absolute atomic E-state index is 0. The molecule has 1 aromatic heterocycles. The summed E-state index contributed by atoms with van der Waals surface area (Å²) in [5.74, 6) is 0.298. The molecular weight excluding hydrogens is 417 g/mol. The third-order valence-electron chi connectivity index (χ3n) is 5.74. The van der Waals surface area contributed by atoms with E-state index in [-0.39, 0.29) is 40.6 Å². The van der Waals surface area contributed by atoms with E-state index >= 15 is 0 Å². The quantitative estimate of drug-likeness (QED) is 0.375. The van der Waals surface area contributed by atoms with E-state index in [0.717, 1.165) is 6.73 Å². The number of hydrogen-bond donors (Lipinski definition) is 2. The third kappa shape index (κ3) is 4.71. The molecule has 0 fully saturated rings. The molecule has 8 nitrogen and oxygen atoms in total. The number of methoxy groups -OCH3 is 1. The van der Waals surface area contributed by atoms with Gasteiger partial charge < -0.3 is 28.3 Å². The zero-order valence-corrected chi connectivity index (χ0v) is 20.2. The molecule has 5 rings (SSSR count). The summed E-state index contributed by atoms with van der Waals surface area (Å²) in [6.07, 6.45) is 8.48. The predicted molar refractivity (Wildman–Crippen MR) is 106 cm³/mol. The van der Waals surface area contributed by atoms with Crippen LogP contribution < -0.4 is 39.6 Å². The molecule has 0 saturated carbocycles. The van der Waals surface area contributed by atoms with Crippen molar-refractivity contribution in [2.45, 2.75) is 56.1 Å². The smallest absolute Gasteiger partial charge is 0.546 e. The number of aliphatic hydroxyl groups is 1. The molecule has 1 aromatic carbocycles. The second-order valence-electron chi connectivity index (χ2n) is 7.41. The van der Waals surface area contributed by atoms with Gasteiger partial charge >= 0.3 is 29.6 Å². The second-order valence-corrected chi connectivity index (χ2v) is 8.32. The first-order valence-corrected chi connectivity index (χ1v) is 10.9. The van der Waals surface area contributed by atoms with Crippen molar-refractivity contribution >= 4 is 16.4 Å². The molecule has 30 heavy (non-hydrogen) atoms. The van der Waals surface area contributed by atoms with Gasteiger partial charge in [-0.15, -0.1) is 6.73 Å². The topological polar surface area (TPSA) is 103 Å². The summed E-state index contributed by atoms with van der Waals surface area (Å²) >= 11 is 0. The standard InChI is InChI=1S/C13H16NO.C7H9N2O4S.Na/c15-8-14-13-11-5-1-3-9(11)7-10-4-2-6-12(10)13;1-12-5-3-9-7(13-4-5)6(2-8-9)14(10)11;/h7-8,14-15H,1-6H2;2,5H,3-4H2,1H3;/q2*-1;+1/t;5-;/m.0./s1. The largest absolute Gasteiger partial charge is 1.00 e. The first kappa shape index (κ1) is 23.6. The van der Waals surface area contributed by atoms with Gasteiger partial charge in [0, 0.05) is 23.9 Å². The summed E-state index contributed by atoms with van der Waals surface area (Å²) < 4.78 is 33.2. The van der Waals surface area contributed by atoms with Crippen LogP contribution in [0.4, 0.5) is 5.69 Å². The van der Waals surface area contributed by atoms with Gasteiger partial charge in [-0.25, -0.2) is 4.68 Å². The predicted octanol–water partition coefficient (Wildman–Crippen LogP) is -0.470. The normalized spacial score (nSPS) is 18.4. The van der Waals surface area contributed by atoms with E-state index in [0.29, 0.717) is 19.0 Å². The van der Waals surface area contributed by atoms with E-state index in [4.69, 9.17) is 14.6 Å². The molecular formula is C20H25N3NaO5S-. The molecule has 158 valence electrons. The number of ether oxygens (including phenoxy) is 2. The summed E-state index contributed by atoms with van der Waals surface area (Å²) in [5.41, 5.74) is 7.10. The summed E-state index contributed by atoms with van der Waals surface area (Å²) in [6.45, 7) is 1.95. The summed E-state index contributed by atoms with van der Waals surface area (Å²) in [6, 6.07) is 2.40. The van der Waals surface area contributed by atoms with Gasteiger partial charge in [0.1, 0.15) is 12.7 Å². The molecule has 2 aliphatic carbocycles. The minimum atomic E-state index is -2.30. The Bertz CT molecular complexity index is 936. The van der Waals surface area contributed by atoms with Gasteiger partial charge in [0.25, 0.3) is 0 Å². The Morgan fingerprint density at radius 2 is 1.90 bits per heavy atom. The number of aliphatic hydroxyl groups excluding tert-OH is 1. The van der Waals surface area contributed by atoms with Crippen LogP contribution >= 0.6 is 0 Å². The Balaban J connectivity index is 0.000000166. The van der Waals surface area contributed by atoms with Crippen LogP contribution in [0.2, 0.25) is 0 Å². The van der Waals surface area contributed by atoms with Crippen LogP contribution in [-0.4, -0.2) is 34.7 Å². The molecule has 0 radical (unpaired) electrons. The number of fused-ring (bicyclic) bond motifs is 3. The maximum atomic E-state index is 10.7. The van der Waals surface area contributed by atoms with Gasteiger partial charge in [-0.2, -0.15) is 5.10 Å². The Morgan fingerprint density at radius 1 is 1.23 bits per heavy atom. The number of rotatable bonds is 4. The number of aryl methyl sites for hydroxylation is 2. The number of nitrogens with zero attached hydrogens (tertiary/aromatic N) is 2. The Morgan fingerprint density at radius 3 is 2.47 bits per heavy atom. The van der Waals surface area contributed by atoms with Crippen molar-refractivity contribution in [2.24, 2.45) is 0 Å². The monoisotopic (exact) mass is 442 g/mol. The number of aromatic nitrogens is 2. The van der Waals surface area contributed by atoms with Crippen molar-refractivity contribution in [2.75, 3.05) is 19.0 Å². The maximum Gasteiger partial charge on any atom is 1.00 e. The average Bonchev–Trinajstić information content (AvgIpc) is 3.46. The fourth-order valence-corrected chi connectivity index (χ4v) is 4.80. The molecule has 3 aliphatic rings. The van der Waals surface area contributed by atoms with Gasteiger partial charge in [-0.1, -0.05) is 6.07 Å². The van der Waals surface area contributed by atoms with Gasteiger partial charge in [0.15, 0.2) is 5.88 Å². The van der Waals surface area contributed by atoms with E-state index < -0.39 is 10.7 Å². The van der Waals surface area contributed by atoms with Crippen LogP contribution in [0.1, 0.15) is 35.1 Å². The van der Waals surface area contributed by atoms with E-state index in [1.807, 2.05) is 0 Å². The van der Waals surface area contributed by atoms with Crippen molar-refractivity contribution in [3.8, 4) is 5.88 Å². The summed E-state index contributed by atoms with van der Waals surface area (Å²) in [5, 5.41) is 15.9. The van der Waals surface area contributed by atoms with Crippen LogP contribution in [-0.2, 0) is 56.1 Å². The summed E-state index contributed by atoms with van der Waals surface area (Å²) in [7, 11) is -0.721. The van der Waals surface area contributed by atoms with Crippen molar-refractivity contribution < 1.29 is 52.6 Å². The molecule has 2 N–H and O–H groups in total. The van der Waals surface area contributed by atoms with E-state index in [9.17, 15) is 8.42 Å². The fourth-order valence-electron chi connectivity index (χ4n) is 4.36. The average molecular weight is 442 g/mol. The van der Waals surface area contributed by atoms with E-state index in [1.165, 1.54) is 77.3 Å². The molecule has 2 aromatic rings. The van der Waals surface area contributed by atoms with Gasteiger partial charge in [0.05, 0.1) is 6.54 Å². The molecule has 0 spiro atoms. The van der Waals surface area contributed by atoms with Gasteiger partial charge in [-0.3, -0.25) is 0 Å². The molecule has 10 heteroatoms.